The first kappa shape index (κ1) is 12.8. The third kappa shape index (κ3) is 3.72. The molecule has 0 saturated heterocycles. The quantitative estimate of drug-likeness (QED) is 0.762. The van der Waals surface area contributed by atoms with Crippen molar-refractivity contribution in [2.24, 2.45) is 0 Å². The van der Waals surface area contributed by atoms with Crippen molar-refractivity contribution >= 4 is 0 Å². The first-order valence-corrected chi connectivity index (χ1v) is 5.82. The summed E-state index contributed by atoms with van der Waals surface area (Å²) in [5.74, 6) is 6.35. The van der Waals surface area contributed by atoms with Crippen molar-refractivity contribution in [1.82, 2.24) is 0 Å². The van der Waals surface area contributed by atoms with Crippen LogP contribution in [0, 0.1) is 11.8 Å². The van der Waals surface area contributed by atoms with E-state index in [1.165, 1.54) is 5.56 Å². The van der Waals surface area contributed by atoms with E-state index in [0.717, 1.165) is 12.0 Å². The zero-order valence-electron chi connectivity index (χ0n) is 10.3. The summed E-state index contributed by atoms with van der Waals surface area (Å²) in [6.07, 6.45) is 1.08. The van der Waals surface area contributed by atoms with Crippen LogP contribution >= 0.6 is 0 Å². The van der Waals surface area contributed by atoms with Gasteiger partial charge in [0.1, 0.15) is 0 Å². The summed E-state index contributed by atoms with van der Waals surface area (Å²) in [5, 5.41) is 9.91. The lowest BCUT2D eigenvalue weighted by molar-refractivity contribution is 0.169. The van der Waals surface area contributed by atoms with Gasteiger partial charge in [-0.3, -0.25) is 0 Å². The van der Waals surface area contributed by atoms with E-state index in [9.17, 15) is 5.11 Å². The van der Waals surface area contributed by atoms with Crippen molar-refractivity contribution in [3.63, 3.8) is 0 Å². The van der Waals surface area contributed by atoms with Gasteiger partial charge in [0.25, 0.3) is 0 Å². The Morgan fingerprint density at radius 2 is 1.69 bits per heavy atom. The maximum Gasteiger partial charge on any atom is 0.0799 e. The summed E-state index contributed by atoms with van der Waals surface area (Å²) in [7, 11) is 0. The molecule has 0 heterocycles. The fraction of sp³-hybridized carbons (Fsp3) is 0.467. The van der Waals surface area contributed by atoms with E-state index < -0.39 is 0 Å². The van der Waals surface area contributed by atoms with Crippen LogP contribution < -0.4 is 0 Å². The Bertz CT molecular complexity index is 365. The van der Waals surface area contributed by atoms with Crippen LogP contribution in [0.15, 0.2) is 24.3 Å². The monoisotopic (exact) mass is 216 g/mol. The summed E-state index contributed by atoms with van der Waals surface area (Å²) in [4.78, 5) is 0. The van der Waals surface area contributed by atoms with Gasteiger partial charge in [-0.1, -0.05) is 38.1 Å². The zero-order valence-corrected chi connectivity index (χ0v) is 10.3. The molecule has 0 aromatic heterocycles. The standard InChI is InChI=1S/C15H20O/c1-4-5-6-7-15(16)14-10-8-13(9-11-14)12(2)3/h8-12,15-16H,6-7H2,1-3H3. The van der Waals surface area contributed by atoms with E-state index in [2.05, 4.69) is 37.8 Å². The van der Waals surface area contributed by atoms with Gasteiger partial charge in [0.05, 0.1) is 6.10 Å². The van der Waals surface area contributed by atoms with Gasteiger partial charge in [0.15, 0.2) is 0 Å². The molecule has 0 amide bonds. The van der Waals surface area contributed by atoms with Gasteiger partial charge >= 0.3 is 0 Å². The molecular weight excluding hydrogens is 196 g/mol. The topological polar surface area (TPSA) is 20.2 Å². The van der Waals surface area contributed by atoms with Crippen molar-refractivity contribution in [3.8, 4) is 11.8 Å². The average Bonchev–Trinajstić information content (AvgIpc) is 2.29. The molecule has 1 aromatic rings. The third-order valence-electron chi connectivity index (χ3n) is 2.71. The summed E-state index contributed by atoms with van der Waals surface area (Å²) < 4.78 is 0. The van der Waals surface area contributed by atoms with Crippen molar-refractivity contribution < 1.29 is 5.11 Å². The van der Waals surface area contributed by atoms with Crippen molar-refractivity contribution in [2.75, 3.05) is 0 Å². The number of benzene rings is 1. The van der Waals surface area contributed by atoms with Gasteiger partial charge in [-0.05, 0) is 30.4 Å². The maximum absolute atomic E-state index is 9.91. The second kappa shape index (κ2) is 6.35. The van der Waals surface area contributed by atoms with Crippen LogP contribution in [0.2, 0.25) is 0 Å². The Morgan fingerprint density at radius 1 is 1.12 bits per heavy atom. The molecule has 0 aliphatic heterocycles. The van der Waals surface area contributed by atoms with Gasteiger partial charge in [-0.25, -0.2) is 0 Å². The molecule has 0 aliphatic carbocycles. The van der Waals surface area contributed by atoms with E-state index in [1.807, 2.05) is 19.1 Å². The Balaban J connectivity index is 2.61. The van der Waals surface area contributed by atoms with Gasteiger partial charge in [0.2, 0.25) is 0 Å². The van der Waals surface area contributed by atoms with Crippen LogP contribution in [-0.4, -0.2) is 5.11 Å². The smallest absolute Gasteiger partial charge is 0.0799 e. The highest BCUT2D eigenvalue weighted by Gasteiger charge is 2.06. The van der Waals surface area contributed by atoms with Gasteiger partial charge in [-0.15, -0.1) is 11.8 Å². The minimum atomic E-state index is -0.387. The molecule has 1 atom stereocenters. The van der Waals surface area contributed by atoms with E-state index in [0.29, 0.717) is 12.3 Å². The molecule has 1 aromatic carbocycles. The highest BCUT2D eigenvalue weighted by molar-refractivity contribution is 5.26. The van der Waals surface area contributed by atoms with Gasteiger partial charge in [-0.2, -0.15) is 0 Å². The highest BCUT2D eigenvalue weighted by Crippen LogP contribution is 2.21. The normalized spacial score (nSPS) is 12.1. The molecule has 0 saturated carbocycles. The second-order valence-corrected chi connectivity index (χ2v) is 4.30. The molecule has 86 valence electrons. The molecule has 0 spiro atoms. The zero-order chi connectivity index (χ0) is 12.0. The summed E-state index contributed by atoms with van der Waals surface area (Å²) >= 11 is 0. The number of hydrogen-bond acceptors (Lipinski definition) is 1. The number of rotatable bonds is 4. The average molecular weight is 216 g/mol. The second-order valence-electron chi connectivity index (χ2n) is 4.30. The van der Waals surface area contributed by atoms with Crippen LogP contribution in [0.4, 0.5) is 0 Å². The minimum Gasteiger partial charge on any atom is -0.388 e. The summed E-state index contributed by atoms with van der Waals surface area (Å²) in [6, 6.07) is 8.21. The molecule has 0 radical (unpaired) electrons. The predicted molar refractivity (Wildman–Crippen MR) is 68.2 cm³/mol. The summed E-state index contributed by atoms with van der Waals surface area (Å²) in [5.41, 5.74) is 2.30. The van der Waals surface area contributed by atoms with E-state index >= 15 is 0 Å². The SMILES string of the molecule is CC#CCCC(O)c1ccc(C(C)C)cc1. The van der Waals surface area contributed by atoms with E-state index in [4.69, 9.17) is 0 Å². The van der Waals surface area contributed by atoms with Crippen LogP contribution in [0.1, 0.15) is 56.8 Å². The molecule has 16 heavy (non-hydrogen) atoms. The molecule has 0 bridgehead atoms. The fourth-order valence-corrected chi connectivity index (χ4v) is 1.60. The van der Waals surface area contributed by atoms with E-state index in [1.54, 1.807) is 0 Å². The Hall–Kier alpha value is -1.26. The Kier molecular flexibility index (Phi) is 5.08. The molecule has 1 unspecified atom stereocenters. The first-order valence-electron chi connectivity index (χ1n) is 5.82. The highest BCUT2D eigenvalue weighted by atomic mass is 16.3. The van der Waals surface area contributed by atoms with Crippen molar-refractivity contribution in [3.05, 3.63) is 35.4 Å². The Labute approximate surface area is 98.5 Å². The largest absolute Gasteiger partial charge is 0.388 e. The minimum absolute atomic E-state index is 0.387. The lowest BCUT2D eigenvalue weighted by atomic mass is 9.98. The van der Waals surface area contributed by atoms with Crippen LogP contribution in [-0.2, 0) is 0 Å². The van der Waals surface area contributed by atoms with E-state index in [-0.39, 0.29) is 6.10 Å². The first-order chi connectivity index (χ1) is 7.65. The molecule has 1 heteroatoms. The van der Waals surface area contributed by atoms with Crippen LogP contribution in [0.3, 0.4) is 0 Å². The molecule has 1 N–H and O–H groups in total. The molecular formula is C15H20O. The fourth-order valence-electron chi connectivity index (χ4n) is 1.60. The number of aliphatic hydroxyl groups is 1. The lowest BCUT2D eigenvalue weighted by Gasteiger charge is -2.11. The van der Waals surface area contributed by atoms with Crippen LogP contribution in [0.25, 0.3) is 0 Å². The van der Waals surface area contributed by atoms with Gasteiger partial charge in [0, 0.05) is 6.42 Å². The third-order valence-corrected chi connectivity index (χ3v) is 2.71. The molecule has 0 fully saturated rings. The Morgan fingerprint density at radius 3 is 2.19 bits per heavy atom. The summed E-state index contributed by atoms with van der Waals surface area (Å²) in [6.45, 7) is 6.16. The maximum atomic E-state index is 9.91. The van der Waals surface area contributed by atoms with Gasteiger partial charge < -0.3 is 5.11 Å². The molecule has 0 aliphatic rings. The molecule has 1 rings (SSSR count). The van der Waals surface area contributed by atoms with Crippen molar-refractivity contribution in [1.29, 1.82) is 0 Å². The number of hydrogen-bond donors (Lipinski definition) is 1. The van der Waals surface area contributed by atoms with Crippen LogP contribution in [0.5, 0.6) is 0 Å². The number of aliphatic hydroxyl groups excluding tert-OH is 1. The van der Waals surface area contributed by atoms with Crippen molar-refractivity contribution in [2.45, 2.75) is 45.6 Å². The predicted octanol–water partition coefficient (Wildman–Crippen LogP) is 3.65. The molecule has 1 nitrogen and oxygen atoms in total. The lowest BCUT2D eigenvalue weighted by Crippen LogP contribution is -1.97.